The molecule has 1 aromatic rings. The molecule has 0 aromatic heterocycles. The largest absolute Gasteiger partial charge is 0.442 e. The van der Waals surface area contributed by atoms with Crippen LogP contribution in [-0.4, -0.2) is 46.5 Å². The van der Waals surface area contributed by atoms with E-state index < -0.39 is 36.5 Å². The Hall–Kier alpha value is -2.51. The third kappa shape index (κ3) is 3.46. The number of imide groups is 1. The average Bonchev–Trinajstić information content (AvgIpc) is 2.67. The van der Waals surface area contributed by atoms with Crippen molar-refractivity contribution in [1.82, 2.24) is 10.0 Å². The molecule has 8 heteroatoms. The van der Waals surface area contributed by atoms with E-state index in [1.54, 1.807) is 32.9 Å². The second-order valence-electron chi connectivity index (χ2n) is 5.92. The number of amides is 3. The maximum Gasteiger partial charge on any atom is 0.430 e. The van der Waals surface area contributed by atoms with E-state index >= 15 is 0 Å². The molecule has 1 aromatic carbocycles. The van der Waals surface area contributed by atoms with Gasteiger partial charge in [0.05, 0.1) is 11.1 Å². The lowest BCUT2D eigenvalue weighted by Crippen LogP contribution is -2.52. The van der Waals surface area contributed by atoms with Gasteiger partial charge in [-0.25, -0.2) is 18.6 Å². The predicted molar refractivity (Wildman–Crippen MR) is 75.9 cm³/mol. The normalized spacial score (nSPS) is 14.3. The Morgan fingerprint density at radius 3 is 2.04 bits per heavy atom. The third-order valence-corrected chi connectivity index (χ3v) is 2.93. The standard InChI is InChI=1S/C15H16F2N2O4/c1-15(2,3)23-14(22)18(8-11(16)17)19-12(20)9-6-4-5-7-10(9)13(19)21/h4-7,11H,8H2,1-3H3. The van der Waals surface area contributed by atoms with Crippen molar-refractivity contribution in [2.45, 2.75) is 32.8 Å². The molecule has 0 saturated heterocycles. The Balaban J connectivity index is 2.36. The van der Waals surface area contributed by atoms with E-state index in [1.165, 1.54) is 12.1 Å². The molecule has 1 aliphatic rings. The Morgan fingerprint density at radius 1 is 1.17 bits per heavy atom. The van der Waals surface area contributed by atoms with Gasteiger partial charge in [0.2, 0.25) is 0 Å². The first-order valence-corrected chi connectivity index (χ1v) is 6.88. The molecular weight excluding hydrogens is 310 g/mol. The Labute approximate surface area is 131 Å². The van der Waals surface area contributed by atoms with Gasteiger partial charge in [-0.2, -0.15) is 5.01 Å². The summed E-state index contributed by atoms with van der Waals surface area (Å²) in [5.41, 5.74) is -0.850. The number of alkyl halides is 2. The van der Waals surface area contributed by atoms with Crippen molar-refractivity contribution in [3.05, 3.63) is 35.4 Å². The quantitative estimate of drug-likeness (QED) is 0.801. The van der Waals surface area contributed by atoms with Crippen molar-refractivity contribution in [2.24, 2.45) is 0 Å². The number of carbonyl (C=O) groups is 3. The SMILES string of the molecule is CC(C)(C)OC(=O)N(CC(F)F)N1C(=O)c2ccccc2C1=O. The Bertz CT molecular complexity index is 620. The lowest BCUT2D eigenvalue weighted by atomic mass is 10.1. The molecule has 2 rings (SSSR count). The van der Waals surface area contributed by atoms with Gasteiger partial charge in [0.1, 0.15) is 12.1 Å². The fourth-order valence-corrected chi connectivity index (χ4v) is 2.08. The molecule has 0 N–H and O–H groups in total. The van der Waals surface area contributed by atoms with Gasteiger partial charge in [0.15, 0.2) is 0 Å². The number of nitrogens with zero attached hydrogens (tertiary/aromatic N) is 2. The fraction of sp³-hybridized carbons (Fsp3) is 0.400. The lowest BCUT2D eigenvalue weighted by Gasteiger charge is -2.31. The topological polar surface area (TPSA) is 66.9 Å². The minimum atomic E-state index is -2.94. The van der Waals surface area contributed by atoms with Gasteiger partial charge < -0.3 is 4.74 Å². The minimum absolute atomic E-state index is 0.0559. The molecule has 0 fully saturated rings. The van der Waals surface area contributed by atoms with Gasteiger partial charge in [-0.1, -0.05) is 12.1 Å². The van der Waals surface area contributed by atoms with Crippen LogP contribution in [0.1, 0.15) is 41.5 Å². The summed E-state index contributed by atoms with van der Waals surface area (Å²) in [5.74, 6) is -1.67. The molecule has 0 bridgehead atoms. The van der Waals surface area contributed by atoms with Crippen molar-refractivity contribution < 1.29 is 27.9 Å². The molecule has 23 heavy (non-hydrogen) atoms. The second-order valence-corrected chi connectivity index (χ2v) is 5.92. The number of rotatable bonds is 3. The van der Waals surface area contributed by atoms with E-state index in [0.29, 0.717) is 10.0 Å². The van der Waals surface area contributed by atoms with Gasteiger partial charge >= 0.3 is 6.09 Å². The summed E-state index contributed by atoms with van der Waals surface area (Å²) in [4.78, 5) is 36.8. The van der Waals surface area contributed by atoms with E-state index in [1.807, 2.05) is 0 Å². The van der Waals surface area contributed by atoms with Crippen molar-refractivity contribution in [2.75, 3.05) is 6.54 Å². The highest BCUT2D eigenvalue weighted by molar-refractivity contribution is 6.21. The van der Waals surface area contributed by atoms with Gasteiger partial charge in [-0.15, -0.1) is 0 Å². The van der Waals surface area contributed by atoms with Crippen molar-refractivity contribution in [3.8, 4) is 0 Å². The molecule has 0 radical (unpaired) electrons. The molecule has 3 amide bonds. The van der Waals surface area contributed by atoms with Gasteiger partial charge in [0, 0.05) is 0 Å². The van der Waals surface area contributed by atoms with E-state index in [2.05, 4.69) is 0 Å². The summed E-state index contributed by atoms with van der Waals surface area (Å²) in [6.07, 6.45) is -4.13. The molecule has 0 unspecified atom stereocenters. The monoisotopic (exact) mass is 326 g/mol. The minimum Gasteiger partial charge on any atom is -0.442 e. The van der Waals surface area contributed by atoms with Gasteiger partial charge in [-0.3, -0.25) is 9.59 Å². The lowest BCUT2D eigenvalue weighted by molar-refractivity contribution is -0.0462. The van der Waals surface area contributed by atoms with Crippen molar-refractivity contribution in [3.63, 3.8) is 0 Å². The maximum absolute atomic E-state index is 12.8. The van der Waals surface area contributed by atoms with Crippen molar-refractivity contribution >= 4 is 17.9 Å². The molecule has 0 saturated carbocycles. The molecule has 0 aliphatic carbocycles. The summed E-state index contributed by atoms with van der Waals surface area (Å²) in [6, 6.07) is 5.87. The first-order chi connectivity index (χ1) is 10.6. The van der Waals surface area contributed by atoms with Crippen LogP contribution in [0, 0.1) is 0 Å². The van der Waals surface area contributed by atoms with Crippen LogP contribution in [0.5, 0.6) is 0 Å². The zero-order valence-electron chi connectivity index (χ0n) is 12.9. The van der Waals surface area contributed by atoms with Crippen LogP contribution in [-0.2, 0) is 4.74 Å². The van der Waals surface area contributed by atoms with E-state index in [-0.39, 0.29) is 11.1 Å². The number of halogens is 2. The van der Waals surface area contributed by atoms with E-state index in [0.717, 1.165) is 0 Å². The molecule has 1 aliphatic heterocycles. The third-order valence-electron chi connectivity index (χ3n) is 2.93. The molecular formula is C15H16F2N2O4. The van der Waals surface area contributed by atoms with Crippen molar-refractivity contribution in [1.29, 1.82) is 0 Å². The Kier molecular flexibility index (Phi) is 4.35. The fourth-order valence-electron chi connectivity index (χ4n) is 2.08. The summed E-state index contributed by atoms with van der Waals surface area (Å²) < 4.78 is 30.6. The molecule has 0 atom stereocenters. The number of ether oxygens (including phenoxy) is 1. The summed E-state index contributed by atoms with van der Waals surface area (Å²) >= 11 is 0. The smallest absolute Gasteiger partial charge is 0.430 e. The van der Waals surface area contributed by atoms with Crippen LogP contribution in [0.2, 0.25) is 0 Å². The number of hydrogen-bond donors (Lipinski definition) is 0. The number of carbonyl (C=O) groups excluding carboxylic acids is 3. The van der Waals surface area contributed by atoms with Crippen LogP contribution in [0.4, 0.5) is 13.6 Å². The van der Waals surface area contributed by atoms with Gasteiger partial charge in [0.25, 0.3) is 18.2 Å². The van der Waals surface area contributed by atoms with Crippen LogP contribution >= 0.6 is 0 Å². The first-order valence-electron chi connectivity index (χ1n) is 6.88. The number of fused-ring (bicyclic) bond motifs is 1. The number of benzene rings is 1. The van der Waals surface area contributed by atoms with Crippen LogP contribution in [0.3, 0.4) is 0 Å². The summed E-state index contributed by atoms with van der Waals surface area (Å²) in [6.45, 7) is 3.52. The highest BCUT2D eigenvalue weighted by atomic mass is 19.3. The average molecular weight is 326 g/mol. The molecule has 6 nitrogen and oxygen atoms in total. The number of hydrazine groups is 1. The van der Waals surface area contributed by atoms with E-state index in [9.17, 15) is 23.2 Å². The number of hydrogen-bond acceptors (Lipinski definition) is 4. The van der Waals surface area contributed by atoms with Gasteiger partial charge in [-0.05, 0) is 32.9 Å². The zero-order valence-corrected chi connectivity index (χ0v) is 12.9. The van der Waals surface area contributed by atoms with Crippen LogP contribution in [0.15, 0.2) is 24.3 Å². The zero-order chi connectivity index (χ0) is 17.4. The van der Waals surface area contributed by atoms with Crippen LogP contribution < -0.4 is 0 Å². The maximum atomic E-state index is 12.8. The highest BCUT2D eigenvalue weighted by Gasteiger charge is 2.43. The first kappa shape index (κ1) is 16.9. The summed E-state index contributed by atoms with van der Waals surface area (Å²) in [7, 11) is 0. The summed E-state index contributed by atoms with van der Waals surface area (Å²) in [5, 5.41) is 0.755. The Morgan fingerprint density at radius 2 is 1.65 bits per heavy atom. The van der Waals surface area contributed by atoms with E-state index in [4.69, 9.17) is 4.74 Å². The predicted octanol–water partition coefficient (Wildman–Crippen LogP) is 2.70. The molecule has 0 spiro atoms. The van der Waals surface area contributed by atoms with Crippen LogP contribution in [0.25, 0.3) is 0 Å². The molecule has 1 heterocycles. The highest BCUT2D eigenvalue weighted by Crippen LogP contribution is 2.25. The molecule has 124 valence electrons. The second kappa shape index (κ2) is 5.94.